The fraction of sp³-hybridized carbons (Fsp3) is 0.417. The lowest BCUT2D eigenvalue weighted by Crippen LogP contribution is -2.57. The van der Waals surface area contributed by atoms with Crippen molar-refractivity contribution in [3.8, 4) is 0 Å². The van der Waals surface area contributed by atoms with E-state index in [1.54, 1.807) is 24.3 Å². The van der Waals surface area contributed by atoms with Crippen LogP contribution in [0.4, 0.5) is 8.78 Å². The minimum Gasteiger partial charge on any atom is -0.351 e. The highest BCUT2D eigenvalue weighted by Gasteiger charge is 2.29. The zero-order chi connectivity index (χ0) is 23.1. The molecule has 1 fully saturated rings. The summed E-state index contributed by atoms with van der Waals surface area (Å²) in [6, 6.07) is 11.5. The van der Waals surface area contributed by atoms with Gasteiger partial charge in [0.25, 0.3) is 0 Å². The van der Waals surface area contributed by atoms with E-state index >= 15 is 0 Å². The van der Waals surface area contributed by atoms with Gasteiger partial charge in [0.1, 0.15) is 11.6 Å². The summed E-state index contributed by atoms with van der Waals surface area (Å²) >= 11 is 0. The van der Waals surface area contributed by atoms with Crippen molar-refractivity contribution in [3.63, 3.8) is 0 Å². The number of benzene rings is 2. The van der Waals surface area contributed by atoms with E-state index in [4.69, 9.17) is 0 Å². The summed E-state index contributed by atoms with van der Waals surface area (Å²) < 4.78 is 26.0. The molecular formula is C24H30F2N4O2. The molecule has 8 heteroatoms. The summed E-state index contributed by atoms with van der Waals surface area (Å²) in [5, 5.41) is 5.80. The molecular weight excluding hydrogens is 414 g/mol. The van der Waals surface area contributed by atoms with Crippen LogP contribution in [0.3, 0.4) is 0 Å². The molecule has 2 aromatic carbocycles. The van der Waals surface area contributed by atoms with Crippen LogP contribution in [0.1, 0.15) is 25.0 Å². The Morgan fingerprint density at radius 3 is 1.34 bits per heavy atom. The van der Waals surface area contributed by atoms with Gasteiger partial charge in [0, 0.05) is 39.3 Å². The van der Waals surface area contributed by atoms with Crippen LogP contribution >= 0.6 is 0 Å². The molecule has 2 aromatic rings. The Morgan fingerprint density at radius 1 is 0.719 bits per heavy atom. The average molecular weight is 445 g/mol. The topological polar surface area (TPSA) is 64.7 Å². The number of nitrogens with one attached hydrogen (secondary N) is 2. The van der Waals surface area contributed by atoms with Gasteiger partial charge in [-0.25, -0.2) is 8.78 Å². The van der Waals surface area contributed by atoms with Gasteiger partial charge in [-0.2, -0.15) is 0 Å². The van der Waals surface area contributed by atoms with Gasteiger partial charge >= 0.3 is 0 Å². The van der Waals surface area contributed by atoms with Crippen LogP contribution in [0.25, 0.3) is 0 Å². The quantitative estimate of drug-likeness (QED) is 0.656. The van der Waals surface area contributed by atoms with Crippen LogP contribution in [0.5, 0.6) is 0 Å². The molecule has 0 saturated carbocycles. The Hall–Kier alpha value is -2.84. The predicted molar refractivity (Wildman–Crippen MR) is 119 cm³/mol. The Kier molecular flexibility index (Phi) is 8.30. The molecule has 0 bridgehead atoms. The first kappa shape index (κ1) is 23.8. The normalized spacial score (nSPS) is 16.9. The van der Waals surface area contributed by atoms with Crippen molar-refractivity contribution in [2.24, 2.45) is 0 Å². The number of rotatable bonds is 8. The maximum Gasteiger partial charge on any atom is 0.237 e. The number of nitrogens with zero attached hydrogens (tertiary/aromatic N) is 2. The van der Waals surface area contributed by atoms with Crippen molar-refractivity contribution in [2.75, 3.05) is 26.2 Å². The second-order valence-electron chi connectivity index (χ2n) is 8.11. The molecule has 2 amide bonds. The van der Waals surface area contributed by atoms with Crippen molar-refractivity contribution in [3.05, 3.63) is 71.3 Å². The molecule has 2 atom stereocenters. The van der Waals surface area contributed by atoms with Gasteiger partial charge in [0.15, 0.2) is 0 Å². The second-order valence-corrected chi connectivity index (χ2v) is 8.11. The molecule has 0 aliphatic carbocycles. The summed E-state index contributed by atoms with van der Waals surface area (Å²) in [6.07, 6.45) is 0. The van der Waals surface area contributed by atoms with Crippen molar-refractivity contribution in [1.82, 2.24) is 20.4 Å². The zero-order valence-electron chi connectivity index (χ0n) is 18.5. The molecule has 0 unspecified atom stereocenters. The van der Waals surface area contributed by atoms with Gasteiger partial charge in [-0.05, 0) is 49.2 Å². The van der Waals surface area contributed by atoms with Gasteiger partial charge in [0.05, 0.1) is 12.1 Å². The molecule has 1 aliphatic heterocycles. The number of carbonyl (C=O) groups excluding carboxylic acids is 2. The van der Waals surface area contributed by atoms with E-state index < -0.39 is 0 Å². The van der Waals surface area contributed by atoms with Crippen LogP contribution in [0, 0.1) is 11.6 Å². The van der Waals surface area contributed by atoms with Crippen LogP contribution in [-0.4, -0.2) is 59.9 Å². The maximum absolute atomic E-state index is 13.0. The SMILES string of the molecule is C[C@H](C(=O)NCc1ccc(F)cc1)N1CCN([C@@H](C)C(=O)NCc2ccc(F)cc2)CC1. The molecule has 0 aromatic heterocycles. The van der Waals surface area contributed by atoms with Crippen molar-refractivity contribution in [1.29, 1.82) is 0 Å². The highest BCUT2D eigenvalue weighted by atomic mass is 19.1. The van der Waals surface area contributed by atoms with Gasteiger partial charge in [-0.3, -0.25) is 19.4 Å². The number of halogens is 2. The molecule has 3 rings (SSSR count). The van der Waals surface area contributed by atoms with E-state index in [2.05, 4.69) is 20.4 Å². The molecule has 0 radical (unpaired) electrons. The number of piperazine rings is 1. The standard InChI is InChI=1S/C24H30F2N4O2/c1-17(23(31)27-15-19-3-7-21(25)8-4-19)29-11-13-30(14-12-29)18(2)24(32)28-16-20-5-9-22(26)10-6-20/h3-10,17-18H,11-16H2,1-2H3,(H,27,31)(H,28,32)/t17-,18+. The maximum atomic E-state index is 13.0. The van der Waals surface area contributed by atoms with Crippen LogP contribution in [0.15, 0.2) is 48.5 Å². The smallest absolute Gasteiger partial charge is 0.237 e. The Balaban J connectivity index is 1.40. The third-order valence-corrected chi connectivity index (χ3v) is 5.96. The molecule has 1 aliphatic rings. The highest BCUT2D eigenvalue weighted by molar-refractivity contribution is 5.82. The number of hydrogen-bond donors (Lipinski definition) is 2. The number of carbonyl (C=O) groups is 2. The summed E-state index contributed by atoms with van der Waals surface area (Å²) in [5.41, 5.74) is 1.69. The Morgan fingerprint density at radius 2 is 1.03 bits per heavy atom. The van der Waals surface area contributed by atoms with Crippen molar-refractivity contribution in [2.45, 2.75) is 39.0 Å². The Labute approximate surface area is 187 Å². The molecule has 172 valence electrons. The summed E-state index contributed by atoms with van der Waals surface area (Å²) in [7, 11) is 0. The van der Waals surface area contributed by atoms with Crippen LogP contribution in [-0.2, 0) is 22.7 Å². The lowest BCUT2D eigenvalue weighted by molar-refractivity contribution is -0.130. The molecule has 1 saturated heterocycles. The molecule has 1 heterocycles. The van der Waals surface area contributed by atoms with Crippen LogP contribution in [0.2, 0.25) is 0 Å². The fourth-order valence-electron chi connectivity index (χ4n) is 3.72. The van der Waals surface area contributed by atoms with E-state index in [0.717, 1.165) is 11.1 Å². The highest BCUT2D eigenvalue weighted by Crippen LogP contribution is 2.11. The van der Waals surface area contributed by atoms with E-state index in [0.29, 0.717) is 39.3 Å². The second kappa shape index (κ2) is 11.2. The average Bonchev–Trinajstić information content (AvgIpc) is 2.82. The minimum atomic E-state index is -0.301. The lowest BCUT2D eigenvalue weighted by atomic mass is 10.1. The lowest BCUT2D eigenvalue weighted by Gasteiger charge is -2.39. The zero-order valence-corrected chi connectivity index (χ0v) is 18.5. The predicted octanol–water partition coefficient (Wildman–Crippen LogP) is 2.29. The molecule has 0 spiro atoms. The molecule has 2 N–H and O–H groups in total. The first-order valence-electron chi connectivity index (χ1n) is 10.9. The third kappa shape index (κ3) is 6.58. The van der Waals surface area contributed by atoms with Crippen LogP contribution < -0.4 is 10.6 Å². The number of hydrogen-bond acceptors (Lipinski definition) is 4. The van der Waals surface area contributed by atoms with Gasteiger partial charge in [0.2, 0.25) is 11.8 Å². The largest absolute Gasteiger partial charge is 0.351 e. The Bertz CT molecular complexity index is 822. The van der Waals surface area contributed by atoms with E-state index in [1.807, 2.05) is 13.8 Å². The van der Waals surface area contributed by atoms with Gasteiger partial charge < -0.3 is 10.6 Å². The van der Waals surface area contributed by atoms with Gasteiger partial charge in [-0.1, -0.05) is 24.3 Å². The fourth-order valence-corrected chi connectivity index (χ4v) is 3.72. The number of amides is 2. The van der Waals surface area contributed by atoms with Crippen molar-refractivity contribution < 1.29 is 18.4 Å². The van der Waals surface area contributed by atoms with E-state index in [1.165, 1.54) is 24.3 Å². The van der Waals surface area contributed by atoms with E-state index in [9.17, 15) is 18.4 Å². The van der Waals surface area contributed by atoms with E-state index in [-0.39, 0.29) is 35.5 Å². The third-order valence-electron chi connectivity index (χ3n) is 5.96. The summed E-state index contributed by atoms with van der Waals surface area (Å²) in [4.78, 5) is 29.2. The monoisotopic (exact) mass is 444 g/mol. The van der Waals surface area contributed by atoms with Crippen molar-refractivity contribution >= 4 is 11.8 Å². The molecule has 6 nitrogen and oxygen atoms in total. The summed E-state index contributed by atoms with van der Waals surface area (Å²) in [5.74, 6) is -0.755. The van der Waals surface area contributed by atoms with Gasteiger partial charge in [-0.15, -0.1) is 0 Å². The molecule has 32 heavy (non-hydrogen) atoms. The minimum absolute atomic E-state index is 0.0761. The first-order valence-corrected chi connectivity index (χ1v) is 10.9. The summed E-state index contributed by atoms with van der Waals surface area (Å²) in [6.45, 7) is 7.18. The first-order chi connectivity index (χ1) is 15.3.